The lowest BCUT2D eigenvalue weighted by Gasteiger charge is -2.28. The van der Waals surface area contributed by atoms with Crippen LogP contribution in [0.1, 0.15) is 37.1 Å². The summed E-state index contributed by atoms with van der Waals surface area (Å²) in [5, 5.41) is 5.34. The van der Waals surface area contributed by atoms with Gasteiger partial charge in [0.05, 0.1) is 0 Å². The molecule has 0 aliphatic rings. The topological polar surface area (TPSA) is 64.9 Å². The van der Waals surface area contributed by atoms with Crippen molar-refractivity contribution < 1.29 is 4.52 Å². The highest BCUT2D eigenvalue weighted by Crippen LogP contribution is 2.39. The predicted octanol–water partition coefficient (Wildman–Crippen LogP) is 5.33. The number of benzene rings is 2. The van der Waals surface area contributed by atoms with Crippen molar-refractivity contribution in [1.82, 2.24) is 10.1 Å². The van der Waals surface area contributed by atoms with Crippen molar-refractivity contribution in [1.29, 1.82) is 0 Å². The Kier molecular flexibility index (Phi) is 4.73. The maximum absolute atomic E-state index is 6.82. The number of para-hydroxylation sites is 1. The third-order valence-electron chi connectivity index (χ3n) is 5.09. The summed E-state index contributed by atoms with van der Waals surface area (Å²) in [7, 11) is 0. The van der Waals surface area contributed by atoms with Gasteiger partial charge in [0.2, 0.25) is 0 Å². The summed E-state index contributed by atoms with van der Waals surface area (Å²) < 4.78 is 5.53. The number of pyridine rings is 1. The molecule has 0 fully saturated rings. The number of nitrogens with two attached hydrogens (primary N) is 1. The van der Waals surface area contributed by atoms with E-state index in [1.165, 1.54) is 0 Å². The van der Waals surface area contributed by atoms with E-state index in [0.717, 1.165) is 33.5 Å². The van der Waals surface area contributed by atoms with E-state index in [9.17, 15) is 0 Å². The first kappa shape index (κ1) is 17.4. The van der Waals surface area contributed by atoms with Crippen molar-refractivity contribution in [3.8, 4) is 11.3 Å². The number of rotatable bonds is 5. The van der Waals surface area contributed by atoms with Gasteiger partial charge in [0.1, 0.15) is 5.69 Å². The van der Waals surface area contributed by atoms with Crippen molar-refractivity contribution >= 4 is 11.0 Å². The summed E-state index contributed by atoms with van der Waals surface area (Å²) in [4.78, 5) is 4.58. The number of aromatic nitrogens is 2. The summed E-state index contributed by atoms with van der Waals surface area (Å²) >= 11 is 0. The molecule has 4 aromatic rings. The van der Waals surface area contributed by atoms with Crippen LogP contribution < -0.4 is 5.73 Å². The molecular formula is C23H23N3O. The van der Waals surface area contributed by atoms with Gasteiger partial charge >= 0.3 is 0 Å². The maximum atomic E-state index is 6.82. The van der Waals surface area contributed by atoms with Crippen molar-refractivity contribution in [3.63, 3.8) is 0 Å². The van der Waals surface area contributed by atoms with E-state index >= 15 is 0 Å². The Morgan fingerprint density at radius 2 is 1.63 bits per heavy atom. The fraction of sp³-hybridized carbons (Fsp3) is 0.217. The van der Waals surface area contributed by atoms with Crippen LogP contribution in [0.3, 0.4) is 0 Å². The first-order valence-corrected chi connectivity index (χ1v) is 9.27. The number of fused-ring (bicyclic) bond motifs is 1. The Morgan fingerprint density at radius 1 is 0.889 bits per heavy atom. The molecule has 0 saturated carbocycles. The summed E-state index contributed by atoms with van der Waals surface area (Å²) in [6.07, 6.45) is 1.83. The second kappa shape index (κ2) is 7.33. The van der Waals surface area contributed by atoms with E-state index in [0.29, 0.717) is 5.92 Å². The van der Waals surface area contributed by atoms with Crippen molar-refractivity contribution in [2.75, 3.05) is 0 Å². The monoisotopic (exact) mass is 357 g/mol. The molecule has 4 rings (SSSR count). The van der Waals surface area contributed by atoms with Crippen LogP contribution in [0.4, 0.5) is 0 Å². The van der Waals surface area contributed by atoms with Crippen LogP contribution in [0.25, 0.3) is 22.2 Å². The smallest absolute Gasteiger partial charge is 0.167 e. The third kappa shape index (κ3) is 3.24. The minimum atomic E-state index is -0.202. The molecule has 0 radical (unpaired) electrons. The SMILES string of the molecule is CC(C)C(c1ccccn1)C(N)c1ccccc1-c1noc2ccccc12. The van der Waals surface area contributed by atoms with Crippen LogP contribution >= 0.6 is 0 Å². The quantitative estimate of drug-likeness (QED) is 0.524. The third-order valence-corrected chi connectivity index (χ3v) is 5.09. The number of nitrogens with zero attached hydrogens (tertiary/aromatic N) is 2. The Balaban J connectivity index is 1.83. The average molecular weight is 357 g/mol. The Bertz CT molecular complexity index is 1040. The second-order valence-corrected chi connectivity index (χ2v) is 7.16. The molecule has 2 N–H and O–H groups in total. The van der Waals surface area contributed by atoms with Gasteiger partial charge in [-0.2, -0.15) is 0 Å². The van der Waals surface area contributed by atoms with E-state index in [1.54, 1.807) is 0 Å². The summed E-state index contributed by atoms with van der Waals surface area (Å²) in [5.74, 6) is 0.447. The molecule has 0 saturated heterocycles. The van der Waals surface area contributed by atoms with E-state index in [-0.39, 0.29) is 12.0 Å². The van der Waals surface area contributed by atoms with Gasteiger partial charge in [0, 0.05) is 34.8 Å². The van der Waals surface area contributed by atoms with Crippen LogP contribution in [0, 0.1) is 5.92 Å². The fourth-order valence-corrected chi connectivity index (χ4v) is 3.79. The molecular weight excluding hydrogens is 334 g/mol. The van der Waals surface area contributed by atoms with E-state index in [4.69, 9.17) is 10.3 Å². The van der Waals surface area contributed by atoms with E-state index in [2.05, 4.69) is 42.2 Å². The van der Waals surface area contributed by atoms with Gasteiger partial charge < -0.3 is 10.3 Å². The molecule has 4 nitrogen and oxygen atoms in total. The fourth-order valence-electron chi connectivity index (χ4n) is 3.79. The molecule has 0 aliphatic heterocycles. The molecule has 0 spiro atoms. The minimum absolute atomic E-state index is 0.102. The van der Waals surface area contributed by atoms with Crippen LogP contribution in [-0.2, 0) is 0 Å². The standard InChI is InChI=1S/C23H23N3O/c1-15(2)21(19-12-7-8-14-25-19)22(24)16-9-3-4-10-17(16)23-18-11-5-6-13-20(18)27-26-23/h3-15,21-22H,24H2,1-2H3. The molecule has 0 aliphatic carbocycles. The number of hydrogen-bond acceptors (Lipinski definition) is 4. The van der Waals surface area contributed by atoms with Gasteiger partial charge in [-0.25, -0.2) is 0 Å². The van der Waals surface area contributed by atoms with Gasteiger partial charge in [-0.05, 0) is 35.7 Å². The molecule has 27 heavy (non-hydrogen) atoms. The summed E-state index contributed by atoms with van der Waals surface area (Å²) in [6.45, 7) is 4.38. The van der Waals surface area contributed by atoms with Gasteiger partial charge in [0.15, 0.2) is 5.58 Å². The Labute approximate surface area is 159 Å². The van der Waals surface area contributed by atoms with Crippen molar-refractivity contribution in [3.05, 3.63) is 84.2 Å². The maximum Gasteiger partial charge on any atom is 0.167 e. The highest BCUT2D eigenvalue weighted by atomic mass is 16.5. The van der Waals surface area contributed by atoms with Crippen LogP contribution in [-0.4, -0.2) is 10.1 Å². The zero-order valence-corrected chi connectivity index (χ0v) is 15.5. The largest absolute Gasteiger partial charge is 0.356 e. The van der Waals surface area contributed by atoms with Crippen LogP contribution in [0.15, 0.2) is 77.4 Å². The molecule has 2 aromatic heterocycles. The predicted molar refractivity (Wildman–Crippen MR) is 108 cm³/mol. The molecule has 2 aromatic carbocycles. The molecule has 0 bridgehead atoms. The van der Waals surface area contributed by atoms with Crippen LogP contribution in [0.2, 0.25) is 0 Å². The first-order chi connectivity index (χ1) is 13.2. The minimum Gasteiger partial charge on any atom is -0.356 e. The highest BCUT2D eigenvalue weighted by molar-refractivity contribution is 5.92. The zero-order valence-electron chi connectivity index (χ0n) is 15.5. The molecule has 2 atom stereocenters. The molecule has 0 amide bonds. The highest BCUT2D eigenvalue weighted by Gasteiger charge is 2.28. The molecule has 2 heterocycles. The zero-order chi connectivity index (χ0) is 18.8. The first-order valence-electron chi connectivity index (χ1n) is 9.27. The lowest BCUT2D eigenvalue weighted by Crippen LogP contribution is -2.25. The number of hydrogen-bond donors (Lipinski definition) is 1. The van der Waals surface area contributed by atoms with Crippen molar-refractivity contribution in [2.24, 2.45) is 11.7 Å². The summed E-state index contributed by atoms with van der Waals surface area (Å²) in [6, 6.07) is 21.9. The normalized spacial score (nSPS) is 13.8. The molecule has 4 heteroatoms. The molecule has 136 valence electrons. The van der Waals surface area contributed by atoms with Crippen LogP contribution in [0.5, 0.6) is 0 Å². The lowest BCUT2D eigenvalue weighted by atomic mass is 9.80. The average Bonchev–Trinajstić information content (AvgIpc) is 3.12. The van der Waals surface area contributed by atoms with Gasteiger partial charge in [-0.15, -0.1) is 0 Å². The summed E-state index contributed by atoms with van der Waals surface area (Å²) in [5.41, 5.74) is 11.5. The van der Waals surface area contributed by atoms with E-state index < -0.39 is 0 Å². The lowest BCUT2D eigenvalue weighted by molar-refractivity contribution is 0.417. The molecule has 2 unspecified atom stereocenters. The Morgan fingerprint density at radius 3 is 2.41 bits per heavy atom. The van der Waals surface area contributed by atoms with Gasteiger partial charge in [-0.3, -0.25) is 4.98 Å². The van der Waals surface area contributed by atoms with E-state index in [1.807, 2.05) is 54.7 Å². The van der Waals surface area contributed by atoms with Gasteiger partial charge in [0.25, 0.3) is 0 Å². The van der Waals surface area contributed by atoms with Crippen molar-refractivity contribution in [2.45, 2.75) is 25.8 Å². The second-order valence-electron chi connectivity index (χ2n) is 7.16. The van der Waals surface area contributed by atoms with Gasteiger partial charge in [-0.1, -0.05) is 61.5 Å². The Hall–Kier alpha value is -2.98.